The van der Waals surface area contributed by atoms with E-state index in [4.69, 9.17) is 4.42 Å². The number of halogens is 1. The van der Waals surface area contributed by atoms with Crippen molar-refractivity contribution in [2.45, 2.75) is 26.9 Å². The van der Waals surface area contributed by atoms with Crippen LogP contribution < -0.4 is 0 Å². The number of hydrogen-bond donors (Lipinski definition) is 1. The van der Waals surface area contributed by atoms with Crippen LogP contribution >= 0.6 is 0 Å². The second-order valence-corrected chi connectivity index (χ2v) is 4.09. The summed E-state index contributed by atoms with van der Waals surface area (Å²) in [5.74, 6) is 0.953. The van der Waals surface area contributed by atoms with Gasteiger partial charge in [0, 0.05) is 17.3 Å². The van der Waals surface area contributed by atoms with Crippen LogP contribution in [-0.4, -0.2) is 10.1 Å². The van der Waals surface area contributed by atoms with Crippen molar-refractivity contribution in [3.8, 4) is 0 Å². The third kappa shape index (κ3) is 2.08. The molecule has 0 radical (unpaired) electrons. The normalized spacial score (nSPS) is 12.8. The van der Waals surface area contributed by atoms with Crippen molar-refractivity contribution in [3.05, 3.63) is 52.5 Å². The molecule has 0 aliphatic rings. The van der Waals surface area contributed by atoms with E-state index in [0.29, 0.717) is 16.9 Å². The van der Waals surface area contributed by atoms with Crippen LogP contribution in [0.1, 0.15) is 34.3 Å². The first kappa shape index (κ1) is 11.8. The Morgan fingerprint density at radius 2 is 1.94 bits per heavy atom. The van der Waals surface area contributed by atoms with Crippen LogP contribution in [0, 0.1) is 26.6 Å². The van der Waals surface area contributed by atoms with Crippen molar-refractivity contribution in [1.82, 2.24) is 4.98 Å². The Kier molecular flexibility index (Phi) is 2.98. The van der Waals surface area contributed by atoms with Crippen molar-refractivity contribution >= 4 is 0 Å². The van der Waals surface area contributed by atoms with Crippen LogP contribution in [0.15, 0.2) is 22.9 Å². The number of pyridine rings is 1. The maximum Gasteiger partial charge on any atom is 0.141 e. The van der Waals surface area contributed by atoms with Gasteiger partial charge < -0.3 is 9.52 Å². The van der Waals surface area contributed by atoms with Gasteiger partial charge in [-0.15, -0.1) is 0 Å². The molecule has 0 amide bonds. The summed E-state index contributed by atoms with van der Waals surface area (Å²) in [6, 6.07) is 1.28. The molecule has 0 aliphatic carbocycles. The molecule has 0 aromatic carbocycles. The molecule has 3 nitrogen and oxygen atoms in total. The van der Waals surface area contributed by atoms with E-state index in [0.717, 1.165) is 17.5 Å². The molecule has 1 atom stereocenters. The van der Waals surface area contributed by atoms with Crippen molar-refractivity contribution < 1.29 is 13.9 Å². The smallest absolute Gasteiger partial charge is 0.141 e. The molecular formula is C13H14FNO2. The summed E-state index contributed by atoms with van der Waals surface area (Å²) in [5.41, 5.74) is 2.01. The lowest BCUT2D eigenvalue weighted by Crippen LogP contribution is -2.03. The largest absolute Gasteiger partial charge is 0.466 e. The molecular weight excluding hydrogens is 221 g/mol. The van der Waals surface area contributed by atoms with E-state index in [9.17, 15) is 9.50 Å². The van der Waals surface area contributed by atoms with Gasteiger partial charge in [-0.25, -0.2) is 4.39 Å². The number of aryl methyl sites for hydroxylation is 2. The molecule has 2 aromatic rings. The first-order chi connectivity index (χ1) is 8.00. The minimum atomic E-state index is -0.907. The predicted molar refractivity (Wildman–Crippen MR) is 61.2 cm³/mol. The number of aromatic nitrogens is 1. The fourth-order valence-electron chi connectivity index (χ4n) is 1.96. The van der Waals surface area contributed by atoms with Crippen molar-refractivity contribution in [1.29, 1.82) is 0 Å². The second-order valence-electron chi connectivity index (χ2n) is 4.09. The van der Waals surface area contributed by atoms with E-state index in [-0.39, 0.29) is 0 Å². The van der Waals surface area contributed by atoms with Gasteiger partial charge >= 0.3 is 0 Å². The number of furan rings is 1. The lowest BCUT2D eigenvalue weighted by molar-refractivity contribution is 0.216. The molecule has 17 heavy (non-hydrogen) atoms. The van der Waals surface area contributed by atoms with Gasteiger partial charge in [0.2, 0.25) is 0 Å². The Balaban J connectivity index is 2.47. The third-order valence-electron chi connectivity index (χ3n) is 2.93. The van der Waals surface area contributed by atoms with E-state index in [1.165, 1.54) is 12.3 Å². The first-order valence-corrected chi connectivity index (χ1v) is 5.35. The van der Waals surface area contributed by atoms with E-state index in [1.54, 1.807) is 6.92 Å². The maximum atomic E-state index is 13.1. The molecule has 0 fully saturated rings. The zero-order valence-corrected chi connectivity index (χ0v) is 9.99. The highest BCUT2D eigenvalue weighted by Crippen LogP contribution is 2.31. The molecule has 0 saturated heterocycles. The fraction of sp³-hybridized carbons (Fsp3) is 0.308. The summed E-state index contributed by atoms with van der Waals surface area (Å²) >= 11 is 0. The molecule has 0 bridgehead atoms. The molecule has 1 N–H and O–H groups in total. The van der Waals surface area contributed by atoms with Gasteiger partial charge in [0.25, 0.3) is 0 Å². The lowest BCUT2D eigenvalue weighted by atomic mass is 9.99. The molecule has 2 aromatic heterocycles. The summed E-state index contributed by atoms with van der Waals surface area (Å²) < 4.78 is 18.5. The van der Waals surface area contributed by atoms with E-state index in [2.05, 4.69) is 4.98 Å². The molecule has 90 valence electrons. The number of aliphatic hydroxyl groups excluding tert-OH is 1. The predicted octanol–water partition coefficient (Wildman–Crippen LogP) is 2.82. The quantitative estimate of drug-likeness (QED) is 0.870. The van der Waals surface area contributed by atoms with Crippen molar-refractivity contribution in [2.75, 3.05) is 0 Å². The maximum absolute atomic E-state index is 13.1. The highest BCUT2D eigenvalue weighted by molar-refractivity contribution is 5.38. The van der Waals surface area contributed by atoms with Crippen LogP contribution in [-0.2, 0) is 0 Å². The summed E-state index contributed by atoms with van der Waals surface area (Å²) in [7, 11) is 0. The van der Waals surface area contributed by atoms with Crippen LogP contribution in [0.3, 0.4) is 0 Å². The topological polar surface area (TPSA) is 46.3 Å². The third-order valence-corrected chi connectivity index (χ3v) is 2.93. The molecule has 1 unspecified atom stereocenters. The second kappa shape index (κ2) is 4.30. The SMILES string of the molecule is Cc1oc(C)c(C(O)c2cncc(F)c2)c1C. The van der Waals surface area contributed by atoms with Gasteiger partial charge in [-0.2, -0.15) is 0 Å². The Hall–Kier alpha value is -1.68. The van der Waals surface area contributed by atoms with Crippen LogP contribution in [0.5, 0.6) is 0 Å². The monoisotopic (exact) mass is 235 g/mol. The Morgan fingerprint density at radius 3 is 2.47 bits per heavy atom. The highest BCUT2D eigenvalue weighted by Gasteiger charge is 2.21. The van der Waals surface area contributed by atoms with Gasteiger partial charge in [-0.05, 0) is 32.4 Å². The van der Waals surface area contributed by atoms with Crippen LogP contribution in [0.2, 0.25) is 0 Å². The molecule has 4 heteroatoms. The Labute approximate surface area is 98.9 Å². The van der Waals surface area contributed by atoms with Gasteiger partial charge in [0.15, 0.2) is 0 Å². The molecule has 0 spiro atoms. The van der Waals surface area contributed by atoms with Gasteiger partial charge in [-0.1, -0.05) is 0 Å². The lowest BCUT2D eigenvalue weighted by Gasteiger charge is -2.11. The van der Waals surface area contributed by atoms with E-state index >= 15 is 0 Å². The molecule has 0 aliphatic heterocycles. The summed E-state index contributed by atoms with van der Waals surface area (Å²) in [5, 5.41) is 10.2. The van der Waals surface area contributed by atoms with Gasteiger partial charge in [-0.3, -0.25) is 4.98 Å². The van der Waals surface area contributed by atoms with E-state index < -0.39 is 11.9 Å². The standard InChI is InChI=1S/C13H14FNO2/c1-7-8(2)17-9(3)12(7)13(16)10-4-11(14)6-15-5-10/h4-6,13,16H,1-3H3. The number of aliphatic hydroxyl groups is 1. The minimum Gasteiger partial charge on any atom is -0.466 e. The summed E-state index contributed by atoms with van der Waals surface area (Å²) in [6.45, 7) is 5.49. The highest BCUT2D eigenvalue weighted by atomic mass is 19.1. The van der Waals surface area contributed by atoms with Gasteiger partial charge in [0.1, 0.15) is 23.4 Å². The Bertz CT molecular complexity index is 548. The number of rotatable bonds is 2. The molecule has 2 heterocycles. The van der Waals surface area contributed by atoms with Crippen LogP contribution in [0.4, 0.5) is 4.39 Å². The molecule has 2 rings (SSSR count). The molecule has 0 saturated carbocycles. The minimum absolute atomic E-state index is 0.428. The summed E-state index contributed by atoms with van der Waals surface area (Å²) in [6.07, 6.45) is 1.65. The Morgan fingerprint density at radius 1 is 1.24 bits per heavy atom. The zero-order valence-electron chi connectivity index (χ0n) is 9.99. The fourth-order valence-corrected chi connectivity index (χ4v) is 1.96. The average Bonchev–Trinajstić information content (AvgIpc) is 2.52. The number of nitrogens with zero attached hydrogens (tertiary/aromatic N) is 1. The van der Waals surface area contributed by atoms with Crippen molar-refractivity contribution in [2.24, 2.45) is 0 Å². The number of hydrogen-bond acceptors (Lipinski definition) is 3. The van der Waals surface area contributed by atoms with Crippen LogP contribution in [0.25, 0.3) is 0 Å². The zero-order chi connectivity index (χ0) is 12.6. The van der Waals surface area contributed by atoms with E-state index in [1.807, 2.05) is 13.8 Å². The summed E-state index contributed by atoms with van der Waals surface area (Å²) in [4.78, 5) is 3.73. The average molecular weight is 235 g/mol. The van der Waals surface area contributed by atoms with Gasteiger partial charge in [0.05, 0.1) is 6.20 Å². The van der Waals surface area contributed by atoms with Crippen molar-refractivity contribution in [3.63, 3.8) is 0 Å². The first-order valence-electron chi connectivity index (χ1n) is 5.35.